The second kappa shape index (κ2) is 5.58. The molecule has 1 N–H and O–H groups in total. The normalized spacial score (nSPS) is 20.2. The summed E-state index contributed by atoms with van der Waals surface area (Å²) in [5.74, 6) is -1.21. The van der Waals surface area contributed by atoms with E-state index in [0.717, 1.165) is 4.31 Å². The number of hydrogen-bond acceptors (Lipinski definition) is 5. The molecule has 2 rings (SSSR count). The molecule has 20 heavy (non-hydrogen) atoms. The van der Waals surface area contributed by atoms with Crippen LogP contribution in [0.1, 0.15) is 5.56 Å². The van der Waals surface area contributed by atoms with E-state index in [1.807, 2.05) is 6.07 Å². The molecule has 0 bridgehead atoms. The second-order valence-electron chi connectivity index (χ2n) is 4.17. The molecule has 0 aliphatic carbocycles. The summed E-state index contributed by atoms with van der Waals surface area (Å²) in [6.45, 7) is -0.200. The van der Waals surface area contributed by atoms with Crippen LogP contribution in [0, 0.1) is 11.3 Å². The van der Waals surface area contributed by atoms with Crippen molar-refractivity contribution in [1.29, 1.82) is 5.26 Å². The van der Waals surface area contributed by atoms with Gasteiger partial charge in [0.05, 0.1) is 23.6 Å². The molecular formula is C12H12N2O5S. The first-order valence-electron chi connectivity index (χ1n) is 5.80. The molecule has 1 fully saturated rings. The summed E-state index contributed by atoms with van der Waals surface area (Å²) in [6, 6.07) is 7.64. The maximum Gasteiger partial charge on any atom is 0.334 e. The highest BCUT2D eigenvalue weighted by Crippen LogP contribution is 2.21. The third-order valence-electron chi connectivity index (χ3n) is 2.93. The molecule has 0 radical (unpaired) electrons. The summed E-state index contributed by atoms with van der Waals surface area (Å²) in [5, 5.41) is 17.9. The second-order valence-corrected chi connectivity index (χ2v) is 6.08. The Hall–Kier alpha value is -1.95. The zero-order valence-corrected chi connectivity index (χ0v) is 11.2. The van der Waals surface area contributed by atoms with E-state index in [4.69, 9.17) is 15.1 Å². The predicted octanol–water partition coefficient (Wildman–Crippen LogP) is 0.0324. The quantitative estimate of drug-likeness (QED) is 0.843. The van der Waals surface area contributed by atoms with Gasteiger partial charge < -0.3 is 9.84 Å². The van der Waals surface area contributed by atoms with Crippen molar-refractivity contribution in [3.8, 4) is 6.07 Å². The molecular weight excluding hydrogens is 284 g/mol. The Labute approximate surface area is 116 Å². The van der Waals surface area contributed by atoms with Gasteiger partial charge in [-0.15, -0.1) is 0 Å². The van der Waals surface area contributed by atoms with Crippen molar-refractivity contribution in [2.45, 2.75) is 11.0 Å². The van der Waals surface area contributed by atoms with E-state index in [-0.39, 0.29) is 30.2 Å². The molecule has 0 spiro atoms. The lowest BCUT2D eigenvalue weighted by Crippen LogP contribution is -2.48. The van der Waals surface area contributed by atoms with Crippen LogP contribution in [-0.4, -0.2) is 49.6 Å². The lowest BCUT2D eigenvalue weighted by molar-refractivity contribution is -0.153. The van der Waals surface area contributed by atoms with Gasteiger partial charge in [0.1, 0.15) is 6.07 Å². The minimum Gasteiger partial charge on any atom is -0.479 e. The molecule has 1 heterocycles. The van der Waals surface area contributed by atoms with Crippen LogP contribution >= 0.6 is 0 Å². The van der Waals surface area contributed by atoms with Crippen LogP contribution in [0.5, 0.6) is 0 Å². The van der Waals surface area contributed by atoms with Crippen molar-refractivity contribution in [3.05, 3.63) is 29.8 Å². The summed E-state index contributed by atoms with van der Waals surface area (Å²) in [5.41, 5.74) is 0.0332. The van der Waals surface area contributed by atoms with Gasteiger partial charge in [0, 0.05) is 6.54 Å². The number of nitrogens with zero attached hydrogens (tertiary/aromatic N) is 2. The van der Waals surface area contributed by atoms with Crippen LogP contribution in [0.4, 0.5) is 0 Å². The summed E-state index contributed by atoms with van der Waals surface area (Å²) in [7, 11) is -3.90. The zero-order valence-electron chi connectivity index (χ0n) is 10.4. The summed E-state index contributed by atoms with van der Waals surface area (Å²) in [6.07, 6.45) is -1.19. The predicted molar refractivity (Wildman–Crippen MR) is 67.3 cm³/mol. The Bertz CT molecular complexity index is 665. The molecule has 1 saturated heterocycles. The maximum atomic E-state index is 12.5. The lowest BCUT2D eigenvalue weighted by atomic mass is 10.2. The van der Waals surface area contributed by atoms with Crippen LogP contribution in [0.15, 0.2) is 29.2 Å². The summed E-state index contributed by atoms with van der Waals surface area (Å²) < 4.78 is 30.9. The fraction of sp³-hybridized carbons (Fsp3) is 0.333. The van der Waals surface area contributed by atoms with Crippen molar-refractivity contribution in [3.63, 3.8) is 0 Å². The largest absolute Gasteiger partial charge is 0.479 e. The van der Waals surface area contributed by atoms with Gasteiger partial charge in [0.15, 0.2) is 6.10 Å². The number of aliphatic carboxylic acids is 1. The fourth-order valence-corrected chi connectivity index (χ4v) is 3.48. The molecule has 1 aliphatic rings. The van der Waals surface area contributed by atoms with Gasteiger partial charge in [-0.2, -0.15) is 9.57 Å². The van der Waals surface area contributed by atoms with E-state index in [1.54, 1.807) is 6.07 Å². The molecule has 0 saturated carbocycles. The first-order chi connectivity index (χ1) is 9.46. The van der Waals surface area contributed by atoms with Crippen LogP contribution < -0.4 is 0 Å². The van der Waals surface area contributed by atoms with Crippen LogP contribution in [0.25, 0.3) is 0 Å². The third-order valence-corrected chi connectivity index (χ3v) is 4.85. The number of hydrogen-bond donors (Lipinski definition) is 1. The maximum absolute atomic E-state index is 12.5. The number of morpholine rings is 1. The van der Waals surface area contributed by atoms with Crippen LogP contribution in [-0.2, 0) is 19.6 Å². The number of carbonyl (C=O) groups is 1. The van der Waals surface area contributed by atoms with Crippen molar-refractivity contribution < 1.29 is 23.1 Å². The van der Waals surface area contributed by atoms with Crippen LogP contribution in [0.2, 0.25) is 0 Å². The molecule has 1 aliphatic heterocycles. The molecule has 106 valence electrons. The lowest BCUT2D eigenvalue weighted by Gasteiger charge is -2.30. The monoisotopic (exact) mass is 296 g/mol. The van der Waals surface area contributed by atoms with Gasteiger partial charge in [-0.25, -0.2) is 13.2 Å². The number of ether oxygens (including phenoxy) is 1. The van der Waals surface area contributed by atoms with E-state index < -0.39 is 22.1 Å². The molecule has 1 aromatic carbocycles. The number of carboxylic acids is 1. The average molecular weight is 296 g/mol. The highest BCUT2D eigenvalue weighted by atomic mass is 32.2. The molecule has 1 aromatic rings. The van der Waals surface area contributed by atoms with Crippen molar-refractivity contribution in [2.75, 3.05) is 19.7 Å². The standard InChI is InChI=1S/C12H12N2O5S/c13-7-9-3-1-2-4-11(9)20(17,18)14-5-6-19-10(8-14)12(15)16/h1-4,10H,5-6,8H2,(H,15,16). The van der Waals surface area contributed by atoms with Crippen LogP contribution in [0.3, 0.4) is 0 Å². The third kappa shape index (κ3) is 2.65. The molecule has 8 heteroatoms. The highest BCUT2D eigenvalue weighted by Gasteiger charge is 2.34. The van der Waals surface area contributed by atoms with E-state index in [0.29, 0.717) is 0 Å². The molecule has 0 aromatic heterocycles. The fourth-order valence-electron chi connectivity index (χ4n) is 1.92. The number of nitriles is 1. The van der Waals surface area contributed by atoms with Crippen molar-refractivity contribution in [2.24, 2.45) is 0 Å². The van der Waals surface area contributed by atoms with E-state index >= 15 is 0 Å². The number of sulfonamides is 1. The minimum atomic E-state index is -3.90. The number of carboxylic acid groups (broad SMARTS) is 1. The first-order valence-corrected chi connectivity index (χ1v) is 7.24. The minimum absolute atomic E-state index is 0.00488. The topological polar surface area (TPSA) is 108 Å². The Balaban J connectivity index is 2.35. The smallest absolute Gasteiger partial charge is 0.334 e. The summed E-state index contributed by atoms with van der Waals surface area (Å²) >= 11 is 0. The Morgan fingerprint density at radius 3 is 2.80 bits per heavy atom. The molecule has 1 atom stereocenters. The molecule has 0 amide bonds. The van der Waals surface area contributed by atoms with Gasteiger partial charge in [0.25, 0.3) is 0 Å². The van der Waals surface area contributed by atoms with Gasteiger partial charge in [0.2, 0.25) is 10.0 Å². The Morgan fingerprint density at radius 2 is 2.15 bits per heavy atom. The van der Waals surface area contributed by atoms with Gasteiger partial charge in [-0.3, -0.25) is 0 Å². The highest BCUT2D eigenvalue weighted by molar-refractivity contribution is 7.89. The molecule has 7 nitrogen and oxygen atoms in total. The van der Waals surface area contributed by atoms with Gasteiger partial charge in [-0.05, 0) is 12.1 Å². The van der Waals surface area contributed by atoms with Gasteiger partial charge in [-0.1, -0.05) is 12.1 Å². The zero-order chi connectivity index (χ0) is 14.8. The molecule has 1 unspecified atom stereocenters. The Morgan fingerprint density at radius 1 is 1.45 bits per heavy atom. The number of benzene rings is 1. The first kappa shape index (κ1) is 14.5. The van der Waals surface area contributed by atoms with E-state index in [1.165, 1.54) is 18.2 Å². The number of rotatable bonds is 3. The van der Waals surface area contributed by atoms with Gasteiger partial charge >= 0.3 is 5.97 Å². The van der Waals surface area contributed by atoms with E-state index in [2.05, 4.69) is 0 Å². The van der Waals surface area contributed by atoms with Crippen molar-refractivity contribution >= 4 is 16.0 Å². The summed E-state index contributed by atoms with van der Waals surface area (Å²) in [4.78, 5) is 10.8. The SMILES string of the molecule is N#Cc1ccccc1S(=O)(=O)N1CCOC(C(=O)O)C1. The average Bonchev–Trinajstić information content (AvgIpc) is 2.47. The van der Waals surface area contributed by atoms with E-state index in [9.17, 15) is 13.2 Å². The Kier molecular flexibility index (Phi) is 4.04. The van der Waals surface area contributed by atoms with Crippen molar-refractivity contribution in [1.82, 2.24) is 4.31 Å².